The summed E-state index contributed by atoms with van der Waals surface area (Å²) in [6, 6.07) is 10.8. The van der Waals surface area contributed by atoms with Crippen LogP contribution in [-0.4, -0.2) is 28.6 Å². The standard InChI is InChI=1S/C29H49N3O2/c1-23(2)22-26(24-18-14-13-15-19-24)32(27(30)31-28(33)34-29(3,4)5)25-20-16-11-9-7-6-8-10-12-17-21-25/h13-15,18-19,23,25-26H,6-12,16-17,20-22H2,1-5H3,(H2,30,31,33). The number of benzene rings is 1. The summed E-state index contributed by atoms with van der Waals surface area (Å²) in [7, 11) is 0. The summed E-state index contributed by atoms with van der Waals surface area (Å²) < 4.78 is 5.51. The van der Waals surface area contributed by atoms with Crippen molar-refractivity contribution in [3.63, 3.8) is 0 Å². The second-order valence-electron chi connectivity index (χ2n) is 11.4. The molecule has 1 fully saturated rings. The summed E-state index contributed by atoms with van der Waals surface area (Å²) in [6.07, 6.45) is 14.0. The third kappa shape index (κ3) is 10.5. The summed E-state index contributed by atoms with van der Waals surface area (Å²) >= 11 is 0. The van der Waals surface area contributed by atoms with Crippen molar-refractivity contribution >= 4 is 12.1 Å². The van der Waals surface area contributed by atoms with Crippen LogP contribution in [0.1, 0.15) is 123 Å². The highest BCUT2D eigenvalue weighted by atomic mass is 16.6. The molecule has 0 saturated heterocycles. The van der Waals surface area contributed by atoms with Crippen LogP contribution in [-0.2, 0) is 4.74 Å². The molecule has 1 aliphatic rings. The molecule has 0 heterocycles. The van der Waals surface area contributed by atoms with E-state index in [4.69, 9.17) is 10.1 Å². The summed E-state index contributed by atoms with van der Waals surface area (Å²) in [6.45, 7) is 10.0. The Morgan fingerprint density at radius 2 is 1.47 bits per heavy atom. The molecular weight excluding hydrogens is 422 g/mol. The minimum absolute atomic E-state index is 0.0431. The van der Waals surface area contributed by atoms with E-state index in [9.17, 15) is 4.79 Å². The van der Waals surface area contributed by atoms with Gasteiger partial charge in [0.15, 0.2) is 0 Å². The Labute approximate surface area is 208 Å². The van der Waals surface area contributed by atoms with Crippen LogP contribution in [0.2, 0.25) is 0 Å². The number of nitrogens with zero attached hydrogens (tertiary/aromatic N) is 1. The lowest BCUT2D eigenvalue weighted by atomic mass is 9.91. The number of guanidine groups is 1. The van der Waals surface area contributed by atoms with Crippen LogP contribution in [0.5, 0.6) is 0 Å². The molecule has 2 N–H and O–H groups in total. The zero-order chi connectivity index (χ0) is 25.0. The minimum Gasteiger partial charge on any atom is -0.444 e. The number of carbonyl (C=O) groups excluding carboxylic acids is 1. The van der Waals surface area contributed by atoms with Crippen molar-refractivity contribution in [2.75, 3.05) is 0 Å². The van der Waals surface area contributed by atoms with Gasteiger partial charge >= 0.3 is 6.09 Å². The Morgan fingerprint density at radius 1 is 0.971 bits per heavy atom. The molecule has 0 aliphatic heterocycles. The summed E-state index contributed by atoms with van der Waals surface area (Å²) in [5.74, 6) is 0.633. The summed E-state index contributed by atoms with van der Waals surface area (Å²) in [4.78, 5) is 14.9. The van der Waals surface area contributed by atoms with E-state index in [1.807, 2.05) is 26.8 Å². The molecule has 1 amide bonds. The normalized spacial score (nSPS) is 17.8. The highest BCUT2D eigenvalue weighted by Crippen LogP contribution is 2.33. The van der Waals surface area contributed by atoms with Crippen LogP contribution in [0.3, 0.4) is 0 Å². The lowest BCUT2D eigenvalue weighted by molar-refractivity contribution is 0.0547. The quantitative estimate of drug-likeness (QED) is 0.336. The molecule has 0 spiro atoms. The highest BCUT2D eigenvalue weighted by molar-refractivity contribution is 5.92. The van der Waals surface area contributed by atoms with Gasteiger partial charge in [-0.15, -0.1) is 0 Å². The molecule has 34 heavy (non-hydrogen) atoms. The maximum absolute atomic E-state index is 12.6. The molecular formula is C29H49N3O2. The molecule has 2 rings (SSSR count). The average Bonchev–Trinajstić information content (AvgIpc) is 2.73. The second kappa shape index (κ2) is 14.4. The maximum atomic E-state index is 12.6. The monoisotopic (exact) mass is 471 g/mol. The smallest absolute Gasteiger partial charge is 0.414 e. The van der Waals surface area contributed by atoms with Crippen LogP contribution in [0, 0.1) is 11.3 Å². The van der Waals surface area contributed by atoms with E-state index in [2.05, 4.69) is 48.3 Å². The lowest BCUT2D eigenvalue weighted by Crippen LogP contribution is -2.51. The second-order valence-corrected chi connectivity index (χ2v) is 11.4. The Hall–Kier alpha value is -2.04. The molecule has 1 aromatic rings. The third-order valence-electron chi connectivity index (χ3n) is 6.56. The number of nitrogens with one attached hydrogen (secondary N) is 2. The largest absolute Gasteiger partial charge is 0.444 e. The first-order valence-electron chi connectivity index (χ1n) is 13.6. The van der Waals surface area contributed by atoms with Gasteiger partial charge in [0, 0.05) is 6.04 Å². The molecule has 0 bridgehead atoms. The van der Waals surface area contributed by atoms with Gasteiger partial charge in [0.25, 0.3) is 0 Å². The zero-order valence-electron chi connectivity index (χ0n) is 22.4. The van der Waals surface area contributed by atoms with Gasteiger partial charge in [-0.1, -0.05) is 102 Å². The van der Waals surface area contributed by atoms with Gasteiger partial charge in [-0.25, -0.2) is 4.79 Å². The predicted octanol–water partition coefficient (Wildman–Crippen LogP) is 8.21. The number of hydrogen-bond acceptors (Lipinski definition) is 3. The number of rotatable bonds is 5. The van der Waals surface area contributed by atoms with Crippen molar-refractivity contribution in [1.29, 1.82) is 5.41 Å². The van der Waals surface area contributed by atoms with E-state index < -0.39 is 11.7 Å². The van der Waals surface area contributed by atoms with Crippen molar-refractivity contribution < 1.29 is 9.53 Å². The average molecular weight is 472 g/mol. The van der Waals surface area contributed by atoms with E-state index in [-0.39, 0.29) is 18.0 Å². The van der Waals surface area contributed by atoms with Gasteiger partial charge in [0.05, 0.1) is 6.04 Å². The van der Waals surface area contributed by atoms with Crippen molar-refractivity contribution in [3.8, 4) is 0 Å². The first kappa shape index (κ1) is 28.2. The van der Waals surface area contributed by atoms with Gasteiger partial charge in [-0.2, -0.15) is 0 Å². The molecule has 5 heteroatoms. The van der Waals surface area contributed by atoms with Crippen LogP contribution in [0.25, 0.3) is 0 Å². The van der Waals surface area contributed by atoms with E-state index in [1.54, 1.807) is 0 Å². The topological polar surface area (TPSA) is 65.4 Å². The van der Waals surface area contributed by atoms with Gasteiger partial charge in [0.1, 0.15) is 5.60 Å². The SMILES string of the molecule is CC(C)CC(c1ccccc1)N(C(=N)NC(=O)OC(C)(C)C)C1CCCCCCCCCCC1. The number of ether oxygens (including phenoxy) is 1. The predicted molar refractivity (Wildman–Crippen MR) is 142 cm³/mol. The van der Waals surface area contributed by atoms with Crippen LogP contribution < -0.4 is 5.32 Å². The number of amides is 1. The van der Waals surface area contributed by atoms with E-state index in [1.165, 1.54) is 63.4 Å². The van der Waals surface area contributed by atoms with Crippen molar-refractivity contribution in [3.05, 3.63) is 35.9 Å². The van der Waals surface area contributed by atoms with Crippen LogP contribution in [0.15, 0.2) is 30.3 Å². The van der Waals surface area contributed by atoms with Gasteiger partial charge in [-0.3, -0.25) is 10.7 Å². The molecule has 5 nitrogen and oxygen atoms in total. The Balaban J connectivity index is 2.35. The molecule has 0 aromatic heterocycles. The maximum Gasteiger partial charge on any atom is 0.414 e. The van der Waals surface area contributed by atoms with E-state index >= 15 is 0 Å². The molecule has 192 valence electrons. The van der Waals surface area contributed by atoms with Crippen molar-refractivity contribution in [2.24, 2.45) is 5.92 Å². The number of alkyl carbamates (subject to hydrolysis) is 1. The van der Waals surface area contributed by atoms with E-state index in [0.29, 0.717) is 5.92 Å². The molecule has 0 radical (unpaired) electrons. The highest BCUT2D eigenvalue weighted by Gasteiger charge is 2.31. The fraction of sp³-hybridized carbons (Fsp3) is 0.724. The van der Waals surface area contributed by atoms with Gasteiger partial charge in [-0.05, 0) is 51.5 Å². The molecule has 1 aliphatic carbocycles. The van der Waals surface area contributed by atoms with Crippen molar-refractivity contribution in [1.82, 2.24) is 10.2 Å². The van der Waals surface area contributed by atoms with Crippen LogP contribution >= 0.6 is 0 Å². The van der Waals surface area contributed by atoms with Crippen molar-refractivity contribution in [2.45, 2.75) is 129 Å². The molecule has 1 atom stereocenters. The lowest BCUT2D eigenvalue weighted by Gasteiger charge is -2.41. The van der Waals surface area contributed by atoms with Gasteiger partial charge < -0.3 is 9.64 Å². The van der Waals surface area contributed by atoms with Gasteiger partial charge in [0.2, 0.25) is 5.96 Å². The minimum atomic E-state index is -0.598. The number of carbonyl (C=O) groups is 1. The molecule has 1 unspecified atom stereocenters. The first-order chi connectivity index (χ1) is 16.2. The first-order valence-corrected chi connectivity index (χ1v) is 13.6. The summed E-state index contributed by atoms with van der Waals surface area (Å²) in [5.41, 5.74) is 0.608. The van der Waals surface area contributed by atoms with E-state index in [0.717, 1.165) is 19.3 Å². The Bertz CT molecular complexity index is 715. The Kier molecular flexibility index (Phi) is 11.9. The molecule has 1 saturated carbocycles. The summed E-state index contributed by atoms with van der Waals surface area (Å²) in [5, 5.41) is 11.9. The fourth-order valence-corrected chi connectivity index (χ4v) is 5.01. The number of hydrogen-bond donors (Lipinski definition) is 2. The third-order valence-corrected chi connectivity index (χ3v) is 6.56. The molecule has 1 aromatic carbocycles. The Morgan fingerprint density at radius 3 is 1.94 bits per heavy atom. The zero-order valence-corrected chi connectivity index (χ0v) is 22.4. The fourth-order valence-electron chi connectivity index (χ4n) is 5.01. The van der Waals surface area contributed by atoms with Crippen LogP contribution in [0.4, 0.5) is 4.79 Å².